The van der Waals surface area contributed by atoms with Crippen molar-refractivity contribution in [2.24, 2.45) is 0 Å². The van der Waals surface area contributed by atoms with Crippen LogP contribution in [0.1, 0.15) is 36.9 Å². The number of alkyl halides is 3. The van der Waals surface area contributed by atoms with Gasteiger partial charge in [-0.1, -0.05) is 17.7 Å². The Kier molecular flexibility index (Phi) is 4.27. The smallest absolute Gasteiger partial charge is 0.385 e. The molecular weight excluding hydrogens is 295 g/mol. The van der Waals surface area contributed by atoms with Crippen LogP contribution in [0.4, 0.5) is 13.2 Å². The number of halogens is 4. The van der Waals surface area contributed by atoms with Crippen LogP contribution in [-0.4, -0.2) is 23.3 Å². The highest BCUT2D eigenvalue weighted by Gasteiger charge is 2.39. The van der Waals surface area contributed by atoms with E-state index >= 15 is 0 Å². The molecular formula is C13H15ClF3NO2. The van der Waals surface area contributed by atoms with E-state index in [1.54, 1.807) is 7.11 Å². The van der Waals surface area contributed by atoms with Crippen LogP contribution in [0.3, 0.4) is 0 Å². The van der Waals surface area contributed by atoms with Crippen molar-refractivity contribution in [3.05, 3.63) is 28.5 Å². The third-order valence-corrected chi connectivity index (χ3v) is 4.02. The van der Waals surface area contributed by atoms with Gasteiger partial charge in [-0.15, -0.1) is 0 Å². The molecule has 0 bridgehead atoms. The first-order valence-electron chi connectivity index (χ1n) is 6.25. The van der Waals surface area contributed by atoms with E-state index in [-0.39, 0.29) is 16.8 Å². The second-order valence-corrected chi connectivity index (χ2v) is 5.36. The second-order valence-electron chi connectivity index (χ2n) is 5.00. The number of aliphatic hydroxyl groups is 1. The molecule has 1 aliphatic rings. The highest BCUT2D eigenvalue weighted by Crippen LogP contribution is 2.41. The predicted molar refractivity (Wildman–Crippen MR) is 67.4 cm³/mol. The molecule has 0 atom stereocenters. The molecule has 3 nitrogen and oxygen atoms in total. The van der Waals surface area contributed by atoms with E-state index < -0.39 is 17.5 Å². The monoisotopic (exact) mass is 309 g/mol. The predicted octanol–water partition coefficient (Wildman–Crippen LogP) is 3.53. The quantitative estimate of drug-likeness (QED) is 0.850. The lowest BCUT2D eigenvalue weighted by Crippen LogP contribution is -2.34. The zero-order valence-corrected chi connectivity index (χ0v) is 11.6. The number of pyridine rings is 1. The number of aromatic nitrogens is 1. The first kappa shape index (κ1) is 15.5. The number of rotatable bonds is 2. The van der Waals surface area contributed by atoms with Crippen molar-refractivity contribution >= 4 is 11.6 Å². The number of nitrogens with zero attached hydrogens (tertiary/aromatic N) is 1. The second kappa shape index (κ2) is 5.50. The van der Waals surface area contributed by atoms with Gasteiger partial charge in [-0.25, -0.2) is 4.98 Å². The van der Waals surface area contributed by atoms with Gasteiger partial charge in [-0.3, -0.25) is 0 Å². The van der Waals surface area contributed by atoms with E-state index in [1.165, 1.54) is 6.07 Å². The minimum absolute atomic E-state index is 0.0662. The van der Waals surface area contributed by atoms with Crippen LogP contribution in [0.2, 0.25) is 5.15 Å². The van der Waals surface area contributed by atoms with Crippen LogP contribution < -0.4 is 0 Å². The first-order chi connectivity index (χ1) is 9.26. The number of ether oxygens (including phenoxy) is 1. The summed E-state index contributed by atoms with van der Waals surface area (Å²) >= 11 is 5.83. The Balaban J connectivity index is 2.25. The Morgan fingerprint density at radius 1 is 1.35 bits per heavy atom. The Bertz CT molecular complexity index is 485. The van der Waals surface area contributed by atoms with Crippen LogP contribution in [0.15, 0.2) is 12.1 Å². The molecule has 1 heterocycles. The summed E-state index contributed by atoms with van der Waals surface area (Å²) in [5.74, 6) is 0. The molecule has 7 heteroatoms. The third kappa shape index (κ3) is 3.07. The van der Waals surface area contributed by atoms with Gasteiger partial charge in [0.2, 0.25) is 0 Å². The summed E-state index contributed by atoms with van der Waals surface area (Å²) in [4.78, 5) is 3.35. The van der Waals surface area contributed by atoms with E-state index in [0.717, 1.165) is 6.07 Å². The maximum atomic E-state index is 12.5. The summed E-state index contributed by atoms with van der Waals surface area (Å²) < 4.78 is 42.8. The fourth-order valence-electron chi connectivity index (χ4n) is 2.51. The molecule has 1 aliphatic carbocycles. The van der Waals surface area contributed by atoms with Crippen molar-refractivity contribution < 1.29 is 23.0 Å². The molecule has 0 aliphatic heterocycles. The number of hydrogen-bond donors (Lipinski definition) is 1. The molecule has 2 rings (SSSR count). The van der Waals surface area contributed by atoms with E-state index in [1.807, 2.05) is 0 Å². The summed E-state index contributed by atoms with van der Waals surface area (Å²) in [5.41, 5.74) is -2.04. The molecule has 0 amide bonds. The lowest BCUT2D eigenvalue weighted by molar-refractivity contribution is -0.141. The van der Waals surface area contributed by atoms with Gasteiger partial charge in [-0.2, -0.15) is 13.2 Å². The Morgan fingerprint density at radius 2 is 1.95 bits per heavy atom. The summed E-state index contributed by atoms with van der Waals surface area (Å²) in [7, 11) is 1.60. The van der Waals surface area contributed by atoms with Crippen LogP contribution in [-0.2, 0) is 16.5 Å². The van der Waals surface area contributed by atoms with Gasteiger partial charge in [0, 0.05) is 12.7 Å². The van der Waals surface area contributed by atoms with E-state index in [9.17, 15) is 18.3 Å². The average Bonchev–Trinajstić information content (AvgIpc) is 2.38. The van der Waals surface area contributed by atoms with E-state index in [2.05, 4.69) is 4.98 Å². The van der Waals surface area contributed by atoms with Gasteiger partial charge in [0.05, 0.1) is 11.7 Å². The Labute approximate surface area is 119 Å². The van der Waals surface area contributed by atoms with Gasteiger partial charge in [0.1, 0.15) is 10.8 Å². The molecule has 0 saturated heterocycles. The normalized spacial score (nSPS) is 27.6. The van der Waals surface area contributed by atoms with Crippen LogP contribution in [0.25, 0.3) is 0 Å². The van der Waals surface area contributed by atoms with Crippen molar-refractivity contribution in [1.29, 1.82) is 0 Å². The van der Waals surface area contributed by atoms with E-state index in [0.29, 0.717) is 25.7 Å². The summed E-state index contributed by atoms with van der Waals surface area (Å²) in [6.07, 6.45) is -2.44. The molecule has 1 aromatic heterocycles. The zero-order valence-electron chi connectivity index (χ0n) is 10.9. The SMILES string of the molecule is COC1CCC(O)(c2ccc(C(F)(F)F)nc2Cl)CC1. The number of methoxy groups -OCH3 is 1. The van der Waals surface area contributed by atoms with Crippen molar-refractivity contribution in [3.8, 4) is 0 Å². The molecule has 1 aromatic rings. The van der Waals surface area contributed by atoms with E-state index in [4.69, 9.17) is 16.3 Å². The van der Waals surface area contributed by atoms with Crippen molar-refractivity contribution in [1.82, 2.24) is 4.98 Å². The summed E-state index contributed by atoms with van der Waals surface area (Å²) in [5, 5.41) is 10.3. The lowest BCUT2D eigenvalue weighted by atomic mass is 9.79. The van der Waals surface area contributed by atoms with Crippen LogP contribution in [0, 0.1) is 0 Å². The fraction of sp³-hybridized carbons (Fsp3) is 0.615. The molecule has 1 saturated carbocycles. The molecule has 112 valence electrons. The highest BCUT2D eigenvalue weighted by atomic mass is 35.5. The van der Waals surface area contributed by atoms with Crippen LogP contribution >= 0.6 is 11.6 Å². The molecule has 0 radical (unpaired) electrons. The topological polar surface area (TPSA) is 42.4 Å². The molecule has 1 N–H and O–H groups in total. The van der Waals surface area contributed by atoms with Crippen molar-refractivity contribution in [2.75, 3.05) is 7.11 Å². The minimum atomic E-state index is -4.54. The van der Waals surface area contributed by atoms with Gasteiger partial charge in [-0.05, 0) is 31.7 Å². The Morgan fingerprint density at radius 3 is 2.40 bits per heavy atom. The standard InChI is InChI=1S/C13H15ClF3NO2/c1-20-8-4-6-12(19,7-5-8)9-2-3-10(13(15,16)17)18-11(9)14/h2-3,8,19H,4-7H2,1H3. The maximum absolute atomic E-state index is 12.5. The average molecular weight is 310 g/mol. The molecule has 1 fully saturated rings. The Hall–Kier alpha value is -0.850. The molecule has 0 spiro atoms. The van der Waals surface area contributed by atoms with Crippen molar-refractivity contribution in [2.45, 2.75) is 43.6 Å². The van der Waals surface area contributed by atoms with Crippen LogP contribution in [0.5, 0.6) is 0 Å². The summed E-state index contributed by atoms with van der Waals surface area (Å²) in [6, 6.07) is 2.06. The van der Waals surface area contributed by atoms with Gasteiger partial charge >= 0.3 is 6.18 Å². The maximum Gasteiger partial charge on any atom is 0.433 e. The lowest BCUT2D eigenvalue weighted by Gasteiger charge is -2.36. The van der Waals surface area contributed by atoms with Crippen molar-refractivity contribution in [3.63, 3.8) is 0 Å². The van der Waals surface area contributed by atoms with Gasteiger partial charge < -0.3 is 9.84 Å². The first-order valence-corrected chi connectivity index (χ1v) is 6.63. The third-order valence-electron chi connectivity index (χ3n) is 3.73. The number of hydrogen-bond acceptors (Lipinski definition) is 3. The molecule has 0 unspecified atom stereocenters. The van der Waals surface area contributed by atoms with Gasteiger partial charge in [0.15, 0.2) is 0 Å². The summed E-state index contributed by atoms with van der Waals surface area (Å²) in [6.45, 7) is 0. The largest absolute Gasteiger partial charge is 0.433 e. The minimum Gasteiger partial charge on any atom is -0.385 e. The highest BCUT2D eigenvalue weighted by molar-refractivity contribution is 6.30. The zero-order chi connectivity index (χ0) is 15.0. The molecule has 20 heavy (non-hydrogen) atoms. The van der Waals surface area contributed by atoms with Gasteiger partial charge in [0.25, 0.3) is 0 Å². The molecule has 0 aromatic carbocycles. The fourth-order valence-corrected chi connectivity index (χ4v) is 2.84.